The summed E-state index contributed by atoms with van der Waals surface area (Å²) < 4.78 is -1.91. The lowest BCUT2D eigenvalue weighted by molar-refractivity contribution is -0.123. The van der Waals surface area contributed by atoms with E-state index < -0.39 is 37.7 Å². The number of amides is 2. The molecule has 1 saturated carbocycles. The molecule has 0 unspecified atom stereocenters. The molecule has 1 saturated heterocycles. The number of benzene rings is 1. The monoisotopic (exact) mass is 471 g/mol. The van der Waals surface area contributed by atoms with Crippen LogP contribution in [0.2, 0.25) is 0 Å². The third-order valence-corrected chi connectivity index (χ3v) is 9.98. The fraction of sp³-hybridized carbons (Fsp3) is 0.412. The third-order valence-electron chi connectivity index (χ3n) is 5.73. The molecule has 1 heterocycles. The van der Waals surface area contributed by atoms with E-state index in [0.717, 1.165) is 16.0 Å². The summed E-state index contributed by atoms with van der Waals surface area (Å²) in [5.74, 6) is -3.31. The van der Waals surface area contributed by atoms with Gasteiger partial charge in [0.15, 0.2) is 4.33 Å². The minimum Gasteiger partial charge on any atom is -0.274 e. The molecule has 2 fully saturated rings. The number of fused-ring (bicyclic) bond motifs is 5. The molecule has 138 valence electrons. The largest absolute Gasteiger partial charge is 0.274 e. The Morgan fingerprint density at radius 1 is 0.885 bits per heavy atom. The molecule has 2 bridgehead atoms. The van der Waals surface area contributed by atoms with Gasteiger partial charge in [0.05, 0.1) is 27.6 Å². The molecule has 3 aliphatic rings. The van der Waals surface area contributed by atoms with Crippen LogP contribution in [0.4, 0.5) is 5.69 Å². The smallest absolute Gasteiger partial charge is 0.240 e. The minimum absolute atomic E-state index is 0.0916. The average Bonchev–Trinajstić information content (AvgIpc) is 2.95. The van der Waals surface area contributed by atoms with Gasteiger partial charge in [0.1, 0.15) is 9.75 Å². The van der Waals surface area contributed by atoms with E-state index in [1.807, 2.05) is 19.9 Å². The number of carbonyl (C=O) groups excluding carboxylic acids is 2. The van der Waals surface area contributed by atoms with E-state index in [4.69, 9.17) is 69.6 Å². The maximum Gasteiger partial charge on any atom is 0.240 e. The van der Waals surface area contributed by atoms with Crippen LogP contribution in [0.15, 0.2) is 28.3 Å². The van der Waals surface area contributed by atoms with E-state index >= 15 is 0 Å². The summed E-state index contributed by atoms with van der Waals surface area (Å²) in [4.78, 5) is 24.1. The van der Waals surface area contributed by atoms with Gasteiger partial charge < -0.3 is 0 Å². The fourth-order valence-electron chi connectivity index (χ4n) is 4.21. The predicted octanol–water partition coefficient (Wildman–Crippen LogP) is 5.25. The molecule has 0 aromatic heterocycles. The highest BCUT2D eigenvalue weighted by Crippen LogP contribution is 2.77. The van der Waals surface area contributed by atoms with Crippen LogP contribution in [0, 0.1) is 25.7 Å². The van der Waals surface area contributed by atoms with Crippen LogP contribution in [0.25, 0.3) is 0 Å². The number of aryl methyl sites for hydroxylation is 1. The summed E-state index contributed by atoms with van der Waals surface area (Å²) in [5, 5.41) is -0.183. The molecular weight excluding hydrogens is 463 g/mol. The number of rotatable bonds is 1. The van der Waals surface area contributed by atoms with Crippen molar-refractivity contribution in [3.8, 4) is 0 Å². The van der Waals surface area contributed by atoms with Gasteiger partial charge in [0.2, 0.25) is 11.8 Å². The number of halogens is 6. The second kappa shape index (κ2) is 5.46. The molecule has 2 aliphatic carbocycles. The highest BCUT2D eigenvalue weighted by atomic mass is 35.5. The van der Waals surface area contributed by atoms with Crippen molar-refractivity contribution >= 4 is 87.1 Å². The van der Waals surface area contributed by atoms with Crippen molar-refractivity contribution in [3.05, 3.63) is 39.4 Å². The minimum atomic E-state index is -1.91. The van der Waals surface area contributed by atoms with Gasteiger partial charge >= 0.3 is 0 Å². The molecule has 1 aromatic rings. The number of carbonyl (C=O) groups is 2. The van der Waals surface area contributed by atoms with Gasteiger partial charge in [-0.1, -0.05) is 58.5 Å². The normalized spacial score (nSPS) is 37.8. The predicted molar refractivity (Wildman–Crippen MR) is 106 cm³/mol. The summed E-state index contributed by atoms with van der Waals surface area (Å²) in [6.45, 7) is 3.71. The lowest BCUT2D eigenvalue weighted by Crippen LogP contribution is -2.50. The highest BCUT2D eigenvalue weighted by molar-refractivity contribution is 6.67. The molecular formula is C17H11Cl6NO2. The standard InChI is InChI=1S/C17H11Cl6NO2/c1-6-4-3-5-8(7(6)2)24-13(25)9-10(14(24)26)16(21)12(19)11(18)15(9,20)17(16,22)23/h3-5,9-10H,1-2H3/t9-,10-,15+,16+/m1/s1. The summed E-state index contributed by atoms with van der Waals surface area (Å²) >= 11 is 38.9. The Hall–Kier alpha value is -0.160. The van der Waals surface area contributed by atoms with Crippen molar-refractivity contribution < 1.29 is 9.59 Å². The van der Waals surface area contributed by atoms with Crippen LogP contribution in [0.1, 0.15) is 11.1 Å². The molecule has 0 radical (unpaired) electrons. The Morgan fingerprint density at radius 2 is 1.35 bits per heavy atom. The molecule has 4 atom stereocenters. The van der Waals surface area contributed by atoms with Gasteiger partial charge in [0.25, 0.3) is 0 Å². The van der Waals surface area contributed by atoms with E-state index in [1.165, 1.54) is 0 Å². The molecule has 4 rings (SSSR count). The third kappa shape index (κ3) is 1.77. The van der Waals surface area contributed by atoms with Crippen molar-refractivity contribution in [1.82, 2.24) is 0 Å². The van der Waals surface area contributed by atoms with Crippen LogP contribution in [0.3, 0.4) is 0 Å². The molecule has 0 spiro atoms. The van der Waals surface area contributed by atoms with Gasteiger partial charge in [-0.05, 0) is 31.0 Å². The number of hydrogen-bond acceptors (Lipinski definition) is 2. The summed E-state index contributed by atoms with van der Waals surface area (Å²) in [6.07, 6.45) is 0. The van der Waals surface area contributed by atoms with Crippen LogP contribution in [0.5, 0.6) is 0 Å². The number of hydrogen-bond donors (Lipinski definition) is 0. The molecule has 3 nitrogen and oxygen atoms in total. The Morgan fingerprint density at radius 3 is 1.81 bits per heavy atom. The van der Waals surface area contributed by atoms with E-state index in [0.29, 0.717) is 5.69 Å². The first kappa shape index (κ1) is 19.2. The number of nitrogens with zero attached hydrogens (tertiary/aromatic N) is 1. The van der Waals surface area contributed by atoms with Gasteiger partial charge in [-0.3, -0.25) is 9.59 Å². The molecule has 2 amide bonds. The Kier molecular flexibility index (Phi) is 4.03. The zero-order valence-corrected chi connectivity index (χ0v) is 18.0. The zero-order valence-electron chi connectivity index (χ0n) is 13.4. The molecule has 9 heteroatoms. The van der Waals surface area contributed by atoms with Crippen LogP contribution >= 0.6 is 69.6 Å². The van der Waals surface area contributed by atoms with Gasteiger partial charge in [0, 0.05) is 0 Å². The number of imide groups is 1. The van der Waals surface area contributed by atoms with Crippen molar-refractivity contribution in [2.24, 2.45) is 11.8 Å². The van der Waals surface area contributed by atoms with Crippen molar-refractivity contribution in [1.29, 1.82) is 0 Å². The molecule has 26 heavy (non-hydrogen) atoms. The molecule has 1 aliphatic heterocycles. The van der Waals surface area contributed by atoms with E-state index in [-0.39, 0.29) is 10.1 Å². The second-order valence-corrected chi connectivity index (χ2v) is 10.1. The lowest BCUT2D eigenvalue weighted by Gasteiger charge is -2.34. The SMILES string of the molecule is Cc1cccc(N2C(=O)[C@H]3[C@H](C2=O)[C@]2(Cl)C(Cl)=C(Cl)[C@]3(Cl)C2(Cl)Cl)c1C. The van der Waals surface area contributed by atoms with Crippen LogP contribution in [-0.2, 0) is 9.59 Å². The summed E-state index contributed by atoms with van der Waals surface area (Å²) in [5.41, 5.74) is 2.20. The highest BCUT2D eigenvalue weighted by Gasteiger charge is 2.87. The number of anilines is 1. The fourth-order valence-corrected chi connectivity index (χ4v) is 7.14. The van der Waals surface area contributed by atoms with E-state index in [2.05, 4.69) is 0 Å². The quantitative estimate of drug-likeness (QED) is 0.412. The first-order valence-electron chi connectivity index (χ1n) is 7.70. The first-order chi connectivity index (χ1) is 11.9. The summed E-state index contributed by atoms with van der Waals surface area (Å²) in [7, 11) is 0. The number of alkyl halides is 4. The van der Waals surface area contributed by atoms with Crippen LogP contribution in [-0.4, -0.2) is 25.9 Å². The summed E-state index contributed by atoms with van der Waals surface area (Å²) in [6, 6.07) is 5.34. The van der Waals surface area contributed by atoms with Crippen molar-refractivity contribution in [2.45, 2.75) is 27.9 Å². The van der Waals surface area contributed by atoms with Gasteiger partial charge in [-0.25, -0.2) is 4.90 Å². The molecule has 0 N–H and O–H groups in total. The average molecular weight is 474 g/mol. The molecule has 1 aromatic carbocycles. The zero-order chi connectivity index (χ0) is 19.4. The lowest BCUT2D eigenvalue weighted by atomic mass is 9.84. The maximum absolute atomic E-state index is 13.3. The van der Waals surface area contributed by atoms with E-state index in [1.54, 1.807) is 12.1 Å². The van der Waals surface area contributed by atoms with Crippen LogP contribution < -0.4 is 4.90 Å². The first-order valence-corrected chi connectivity index (χ1v) is 9.96. The Labute approximate surface area is 180 Å². The topological polar surface area (TPSA) is 37.4 Å². The van der Waals surface area contributed by atoms with Gasteiger partial charge in [-0.2, -0.15) is 0 Å². The second-order valence-electron chi connectivity index (χ2n) is 6.81. The van der Waals surface area contributed by atoms with Crippen molar-refractivity contribution in [3.63, 3.8) is 0 Å². The maximum atomic E-state index is 13.3. The van der Waals surface area contributed by atoms with E-state index in [9.17, 15) is 9.59 Å². The number of allylic oxidation sites excluding steroid dienone is 2. The Balaban J connectivity index is 1.94. The Bertz CT molecular complexity index is 882. The van der Waals surface area contributed by atoms with Crippen molar-refractivity contribution in [2.75, 3.05) is 4.90 Å². The van der Waals surface area contributed by atoms with Gasteiger partial charge in [-0.15, -0.1) is 23.2 Å².